The fourth-order valence-electron chi connectivity index (χ4n) is 3.69. The first-order valence-corrected chi connectivity index (χ1v) is 9.16. The van der Waals surface area contributed by atoms with Crippen LogP contribution in [0.25, 0.3) is 0 Å². The molecule has 2 N–H and O–H groups in total. The van der Waals surface area contributed by atoms with Crippen molar-refractivity contribution >= 4 is 17.5 Å². The largest absolute Gasteiger partial charge is 0.337 e. The Balaban J connectivity index is 1.77. The van der Waals surface area contributed by atoms with Gasteiger partial charge in [-0.3, -0.25) is 19.0 Å². The van der Waals surface area contributed by atoms with Crippen molar-refractivity contribution in [1.82, 2.24) is 24.9 Å². The lowest BCUT2D eigenvalue weighted by Crippen LogP contribution is -2.55. The molecular weight excluding hydrogens is 370 g/mol. The van der Waals surface area contributed by atoms with Crippen LogP contribution >= 0.6 is 0 Å². The van der Waals surface area contributed by atoms with Gasteiger partial charge in [0.25, 0.3) is 12.3 Å². The summed E-state index contributed by atoms with van der Waals surface area (Å²) in [6, 6.07) is 0. The monoisotopic (exact) mass is 394 g/mol. The number of nitrogens with one attached hydrogen (secondary N) is 2. The third-order valence-corrected chi connectivity index (χ3v) is 5.20. The van der Waals surface area contributed by atoms with Crippen LogP contribution < -0.4 is 10.6 Å². The lowest BCUT2D eigenvalue weighted by Gasteiger charge is -2.28. The predicted molar refractivity (Wildman–Crippen MR) is 98.2 cm³/mol. The van der Waals surface area contributed by atoms with Crippen molar-refractivity contribution < 1.29 is 18.4 Å². The quantitative estimate of drug-likeness (QED) is 0.785. The summed E-state index contributed by atoms with van der Waals surface area (Å²) in [6.07, 6.45) is 2.77. The zero-order chi connectivity index (χ0) is 20.5. The summed E-state index contributed by atoms with van der Waals surface area (Å²) < 4.78 is 27.6. The van der Waals surface area contributed by atoms with Gasteiger partial charge in [0, 0.05) is 18.9 Å². The molecule has 152 valence electrons. The second kappa shape index (κ2) is 7.69. The molecule has 0 spiro atoms. The van der Waals surface area contributed by atoms with Crippen molar-refractivity contribution in [2.45, 2.75) is 58.0 Å². The Labute approximate surface area is 161 Å². The lowest BCUT2D eigenvalue weighted by atomic mass is 9.95. The number of hydrogen-bond donors (Lipinski definition) is 2. The Morgan fingerprint density at radius 1 is 1.29 bits per heavy atom. The van der Waals surface area contributed by atoms with Gasteiger partial charge in [-0.25, -0.2) is 8.78 Å². The standard InChI is InChI=1S/C18H24F2N6O2/c1-11-15(12(2)25(3)24-11)16(27)23-18(6-4-5-7-18)17(28)22-13-8-21-26(9-13)10-14(19)20/h8-9,14H,4-7,10H2,1-3H3,(H,22,28)(H,23,27). The highest BCUT2D eigenvalue weighted by molar-refractivity contribution is 6.04. The second-order valence-electron chi connectivity index (χ2n) is 7.21. The van der Waals surface area contributed by atoms with Gasteiger partial charge in [-0.1, -0.05) is 12.8 Å². The first kappa shape index (κ1) is 20.0. The fraction of sp³-hybridized carbons (Fsp3) is 0.556. The minimum Gasteiger partial charge on any atom is -0.337 e. The molecule has 8 nitrogen and oxygen atoms in total. The van der Waals surface area contributed by atoms with Gasteiger partial charge in [-0.2, -0.15) is 10.2 Å². The molecular formula is C18H24F2N6O2. The van der Waals surface area contributed by atoms with Crippen molar-refractivity contribution in [2.24, 2.45) is 7.05 Å². The van der Waals surface area contributed by atoms with Gasteiger partial charge in [-0.15, -0.1) is 0 Å². The molecule has 0 bridgehead atoms. The molecule has 0 atom stereocenters. The highest BCUT2D eigenvalue weighted by Gasteiger charge is 2.43. The maximum atomic E-state index is 13.0. The molecule has 0 unspecified atom stereocenters. The molecule has 2 aromatic rings. The molecule has 2 amide bonds. The number of aryl methyl sites for hydroxylation is 2. The van der Waals surface area contributed by atoms with Crippen LogP contribution in [-0.4, -0.2) is 43.3 Å². The van der Waals surface area contributed by atoms with E-state index in [1.807, 2.05) is 0 Å². The summed E-state index contributed by atoms with van der Waals surface area (Å²) in [6.45, 7) is 3.01. The number of anilines is 1. The summed E-state index contributed by atoms with van der Waals surface area (Å²) in [5.74, 6) is -0.706. The van der Waals surface area contributed by atoms with Gasteiger partial charge in [0.15, 0.2) is 0 Å². The number of alkyl halides is 2. The van der Waals surface area contributed by atoms with Gasteiger partial charge in [0.05, 0.1) is 23.1 Å². The van der Waals surface area contributed by atoms with Crippen LogP contribution in [0.3, 0.4) is 0 Å². The van der Waals surface area contributed by atoms with E-state index in [0.717, 1.165) is 23.2 Å². The summed E-state index contributed by atoms with van der Waals surface area (Å²) in [5.41, 5.74) is 1.05. The summed E-state index contributed by atoms with van der Waals surface area (Å²) >= 11 is 0. The van der Waals surface area contributed by atoms with Gasteiger partial charge in [-0.05, 0) is 26.7 Å². The van der Waals surface area contributed by atoms with Gasteiger partial charge < -0.3 is 10.6 Å². The molecule has 1 aliphatic rings. The minimum atomic E-state index is -2.53. The van der Waals surface area contributed by atoms with Crippen molar-refractivity contribution in [1.29, 1.82) is 0 Å². The molecule has 0 radical (unpaired) electrons. The SMILES string of the molecule is Cc1nn(C)c(C)c1C(=O)NC1(C(=O)Nc2cnn(CC(F)F)c2)CCCC1. The van der Waals surface area contributed by atoms with Crippen LogP contribution in [0, 0.1) is 13.8 Å². The Bertz CT molecular complexity index is 883. The normalized spacial score (nSPS) is 15.8. The molecule has 10 heteroatoms. The number of nitrogens with zero attached hydrogens (tertiary/aromatic N) is 4. The number of halogens is 2. The molecule has 2 heterocycles. The molecule has 1 aliphatic carbocycles. The number of rotatable bonds is 6. The van der Waals surface area contributed by atoms with Crippen LogP contribution in [0.15, 0.2) is 12.4 Å². The fourth-order valence-corrected chi connectivity index (χ4v) is 3.69. The van der Waals surface area contributed by atoms with Crippen molar-refractivity contribution in [3.63, 3.8) is 0 Å². The molecule has 1 saturated carbocycles. The van der Waals surface area contributed by atoms with Gasteiger partial charge in [0.2, 0.25) is 5.91 Å². The Hall–Kier alpha value is -2.78. The van der Waals surface area contributed by atoms with E-state index in [4.69, 9.17) is 0 Å². The number of hydrogen-bond acceptors (Lipinski definition) is 4. The number of carbonyl (C=O) groups excluding carboxylic acids is 2. The predicted octanol–water partition coefficient (Wildman–Crippen LogP) is 2.18. The maximum absolute atomic E-state index is 13.0. The molecule has 0 saturated heterocycles. The highest BCUT2D eigenvalue weighted by atomic mass is 19.3. The van der Waals surface area contributed by atoms with E-state index < -0.39 is 18.5 Å². The van der Waals surface area contributed by atoms with Crippen LogP contribution in [0.2, 0.25) is 0 Å². The lowest BCUT2D eigenvalue weighted by molar-refractivity contribution is -0.122. The molecule has 0 aromatic carbocycles. The van der Waals surface area contributed by atoms with E-state index in [0.29, 0.717) is 29.8 Å². The number of carbonyl (C=O) groups is 2. The average molecular weight is 394 g/mol. The van der Waals surface area contributed by atoms with E-state index >= 15 is 0 Å². The Morgan fingerprint density at radius 3 is 2.54 bits per heavy atom. The van der Waals surface area contributed by atoms with E-state index in [-0.39, 0.29) is 11.8 Å². The van der Waals surface area contributed by atoms with Crippen molar-refractivity contribution in [3.05, 3.63) is 29.3 Å². The number of amides is 2. The van der Waals surface area contributed by atoms with Gasteiger partial charge in [0.1, 0.15) is 12.1 Å². The first-order valence-electron chi connectivity index (χ1n) is 9.16. The molecule has 0 aliphatic heterocycles. The summed E-state index contributed by atoms with van der Waals surface area (Å²) in [7, 11) is 1.76. The van der Waals surface area contributed by atoms with E-state index in [1.165, 1.54) is 12.4 Å². The van der Waals surface area contributed by atoms with Crippen LogP contribution in [0.4, 0.5) is 14.5 Å². The van der Waals surface area contributed by atoms with Gasteiger partial charge >= 0.3 is 0 Å². The summed E-state index contributed by atoms with van der Waals surface area (Å²) in [5, 5.41) is 13.7. The Morgan fingerprint density at radius 2 is 1.96 bits per heavy atom. The third kappa shape index (κ3) is 3.90. The van der Waals surface area contributed by atoms with E-state index in [2.05, 4.69) is 20.8 Å². The molecule has 2 aromatic heterocycles. The zero-order valence-corrected chi connectivity index (χ0v) is 16.1. The highest BCUT2D eigenvalue weighted by Crippen LogP contribution is 2.32. The van der Waals surface area contributed by atoms with E-state index in [9.17, 15) is 18.4 Å². The number of aromatic nitrogens is 4. The smallest absolute Gasteiger partial charge is 0.257 e. The third-order valence-electron chi connectivity index (χ3n) is 5.20. The zero-order valence-electron chi connectivity index (χ0n) is 16.1. The molecule has 3 rings (SSSR count). The molecule has 28 heavy (non-hydrogen) atoms. The summed E-state index contributed by atoms with van der Waals surface area (Å²) in [4.78, 5) is 25.9. The first-order chi connectivity index (χ1) is 13.2. The van der Waals surface area contributed by atoms with Crippen LogP contribution in [-0.2, 0) is 18.4 Å². The van der Waals surface area contributed by atoms with Crippen LogP contribution in [0.5, 0.6) is 0 Å². The van der Waals surface area contributed by atoms with Crippen molar-refractivity contribution in [2.75, 3.05) is 5.32 Å². The molecule has 1 fully saturated rings. The average Bonchev–Trinajstić information content (AvgIpc) is 3.29. The topological polar surface area (TPSA) is 93.8 Å². The second-order valence-corrected chi connectivity index (χ2v) is 7.21. The maximum Gasteiger partial charge on any atom is 0.257 e. The minimum absolute atomic E-state index is 0.319. The van der Waals surface area contributed by atoms with Crippen molar-refractivity contribution in [3.8, 4) is 0 Å². The van der Waals surface area contributed by atoms with Crippen LogP contribution in [0.1, 0.15) is 47.4 Å². The Kier molecular flexibility index (Phi) is 5.48. The van der Waals surface area contributed by atoms with E-state index in [1.54, 1.807) is 25.6 Å².